The predicted molar refractivity (Wildman–Crippen MR) is 313 cm³/mol. The van der Waals surface area contributed by atoms with Crippen molar-refractivity contribution in [3.63, 3.8) is 0 Å². The highest BCUT2D eigenvalue weighted by Crippen LogP contribution is 2.30. The van der Waals surface area contributed by atoms with Gasteiger partial charge in [-0.3, -0.25) is 4.79 Å². The Morgan fingerprint density at radius 1 is 0.474 bits per heavy atom. The van der Waals surface area contributed by atoms with Crippen LogP contribution in [0, 0.1) is 0 Å². The fourth-order valence-corrected chi connectivity index (χ4v) is 9.39. The molecular weight excluding hydrogens is 991 g/mol. The van der Waals surface area contributed by atoms with Crippen LogP contribution in [-0.2, 0) is 23.7 Å². The quantitative estimate of drug-likeness (QED) is 0.0204. The first-order chi connectivity index (χ1) is 38.1. The third-order valence-corrected chi connectivity index (χ3v) is 14.3. The zero-order valence-corrected chi connectivity index (χ0v) is 48.1. The molecule has 0 spiro atoms. The molecule has 448 valence electrons. The van der Waals surface area contributed by atoms with Gasteiger partial charge in [0.15, 0.2) is 12.6 Å². The lowest BCUT2D eigenvalue weighted by Crippen LogP contribution is -2.65. The molecule has 14 nitrogen and oxygen atoms in total. The number of unbranched alkanes of at least 4 members (excludes halogenated alkanes) is 20. The second kappa shape index (κ2) is 48.6. The second-order valence-corrected chi connectivity index (χ2v) is 21.1. The second-order valence-electron chi connectivity index (χ2n) is 21.1. The number of amides is 1. The SMILES string of the molecule is CC/C=C\C/C=C\C/C=C\C/C=C\C/C=C\C/C=C\C/C=C\CCCCCCCCCCCCCCCC(=O)NC(COC1OC(CO)C(OC2OC(CO)C(O)C(O)C2O)C(O)C1O)C(O)/C=C/CCCCCCCCC. The van der Waals surface area contributed by atoms with Gasteiger partial charge in [-0.15, -0.1) is 0 Å². The molecule has 9 N–H and O–H groups in total. The van der Waals surface area contributed by atoms with Crippen molar-refractivity contribution in [2.24, 2.45) is 0 Å². The number of aliphatic hydroxyl groups is 8. The van der Waals surface area contributed by atoms with Gasteiger partial charge in [0.25, 0.3) is 0 Å². The standard InChI is InChI=1S/C64H109NO13/c1-3-5-7-9-11-13-14-15-16-17-18-19-20-21-22-23-24-25-26-27-28-29-30-31-32-33-34-35-36-37-38-40-42-44-46-48-56(69)65-52(53(68)47-45-43-41-39-12-10-8-6-4-2)51-75-63-61(74)59(72)62(55(50-67)77-63)78-64-60(73)58(71)57(70)54(49-66)76-64/h5,7,11,13,15-16,18-19,21-22,24-25,27-28,45,47,52-55,57-64,66-68,70-74H,3-4,6,8-10,12,14,17,20,23,26,29-44,46,48-51H2,1-2H3,(H,65,69)/b7-5-,13-11-,16-15-,19-18-,22-21-,25-24-,28-27-,47-45+. The van der Waals surface area contributed by atoms with Gasteiger partial charge in [-0.1, -0.05) is 220 Å². The Morgan fingerprint density at radius 2 is 0.885 bits per heavy atom. The minimum Gasteiger partial charge on any atom is -0.394 e. The van der Waals surface area contributed by atoms with Crippen LogP contribution >= 0.6 is 0 Å². The van der Waals surface area contributed by atoms with Crippen molar-refractivity contribution in [3.05, 3.63) is 97.2 Å². The highest BCUT2D eigenvalue weighted by molar-refractivity contribution is 5.76. The number of hydrogen-bond donors (Lipinski definition) is 9. The van der Waals surface area contributed by atoms with Crippen molar-refractivity contribution in [1.29, 1.82) is 0 Å². The molecule has 0 bridgehead atoms. The number of rotatable bonds is 47. The molecule has 0 aromatic carbocycles. The van der Waals surface area contributed by atoms with E-state index in [1.165, 1.54) is 83.5 Å². The molecule has 2 rings (SSSR count). The summed E-state index contributed by atoms with van der Waals surface area (Å²) in [6.45, 7) is 2.63. The molecule has 0 aromatic heterocycles. The van der Waals surface area contributed by atoms with Crippen LogP contribution < -0.4 is 5.32 Å². The average molecular weight is 1100 g/mol. The Kier molecular flexibility index (Phi) is 44.3. The monoisotopic (exact) mass is 1100 g/mol. The minimum absolute atomic E-state index is 0.247. The largest absolute Gasteiger partial charge is 0.394 e. The zero-order chi connectivity index (χ0) is 56.7. The van der Waals surface area contributed by atoms with Crippen molar-refractivity contribution in [1.82, 2.24) is 5.32 Å². The highest BCUT2D eigenvalue weighted by Gasteiger charge is 2.51. The van der Waals surface area contributed by atoms with Gasteiger partial charge in [-0.2, -0.15) is 0 Å². The number of hydrogen-bond acceptors (Lipinski definition) is 13. The summed E-state index contributed by atoms with van der Waals surface area (Å²) in [6.07, 6.45) is 50.5. The number of ether oxygens (including phenoxy) is 4. The zero-order valence-electron chi connectivity index (χ0n) is 48.1. The minimum atomic E-state index is -1.79. The molecule has 2 heterocycles. The Labute approximate surface area is 471 Å². The number of carbonyl (C=O) groups is 1. The summed E-state index contributed by atoms with van der Waals surface area (Å²) in [5, 5.41) is 86.8. The molecule has 0 aromatic rings. The van der Waals surface area contributed by atoms with Crippen LogP contribution in [-0.4, -0.2) is 140 Å². The van der Waals surface area contributed by atoms with Gasteiger partial charge in [0.2, 0.25) is 5.91 Å². The summed E-state index contributed by atoms with van der Waals surface area (Å²) in [4.78, 5) is 13.2. The van der Waals surface area contributed by atoms with E-state index < -0.39 is 86.8 Å². The van der Waals surface area contributed by atoms with Gasteiger partial charge in [-0.05, 0) is 77.0 Å². The molecule has 0 radical (unpaired) electrons. The van der Waals surface area contributed by atoms with Crippen LogP contribution in [0.1, 0.15) is 206 Å². The maximum Gasteiger partial charge on any atom is 0.220 e. The van der Waals surface area contributed by atoms with Crippen molar-refractivity contribution in [2.75, 3.05) is 19.8 Å². The maximum atomic E-state index is 13.2. The van der Waals surface area contributed by atoms with E-state index >= 15 is 0 Å². The average Bonchev–Trinajstić information content (AvgIpc) is 3.44. The van der Waals surface area contributed by atoms with Crippen LogP contribution in [0.15, 0.2) is 97.2 Å². The van der Waals surface area contributed by atoms with Crippen LogP contribution in [0.4, 0.5) is 0 Å². The lowest BCUT2D eigenvalue weighted by atomic mass is 9.97. The van der Waals surface area contributed by atoms with E-state index in [9.17, 15) is 45.6 Å². The number of allylic oxidation sites excluding steroid dienone is 15. The summed E-state index contributed by atoms with van der Waals surface area (Å²) in [6, 6.07) is -0.918. The Morgan fingerprint density at radius 3 is 1.36 bits per heavy atom. The molecule has 1 amide bonds. The van der Waals surface area contributed by atoms with E-state index in [-0.39, 0.29) is 18.9 Å². The van der Waals surface area contributed by atoms with Crippen LogP contribution in [0.3, 0.4) is 0 Å². The fraction of sp³-hybridized carbons (Fsp3) is 0.734. The fourth-order valence-electron chi connectivity index (χ4n) is 9.39. The van der Waals surface area contributed by atoms with Crippen LogP contribution in [0.2, 0.25) is 0 Å². The van der Waals surface area contributed by atoms with E-state index in [1.807, 2.05) is 6.08 Å². The van der Waals surface area contributed by atoms with Crippen molar-refractivity contribution < 1.29 is 64.6 Å². The highest BCUT2D eigenvalue weighted by atomic mass is 16.7. The Bertz CT molecular complexity index is 1680. The summed E-state index contributed by atoms with van der Waals surface area (Å²) in [5.41, 5.74) is 0. The molecule has 2 saturated heterocycles. The first-order valence-electron chi connectivity index (χ1n) is 30.5. The third-order valence-electron chi connectivity index (χ3n) is 14.3. The van der Waals surface area contributed by atoms with Crippen molar-refractivity contribution in [2.45, 2.75) is 280 Å². The van der Waals surface area contributed by atoms with Crippen molar-refractivity contribution in [3.8, 4) is 0 Å². The Balaban J connectivity index is 1.61. The van der Waals surface area contributed by atoms with Gasteiger partial charge in [-0.25, -0.2) is 0 Å². The third kappa shape index (κ3) is 33.6. The first kappa shape index (κ1) is 71.0. The van der Waals surface area contributed by atoms with Gasteiger partial charge in [0, 0.05) is 6.42 Å². The summed E-state index contributed by atoms with van der Waals surface area (Å²) in [7, 11) is 0. The van der Waals surface area contributed by atoms with E-state index in [2.05, 4.69) is 104 Å². The summed E-state index contributed by atoms with van der Waals surface area (Å²) >= 11 is 0. The molecular formula is C64H109NO13. The van der Waals surface area contributed by atoms with Gasteiger partial charge in [0.05, 0.1) is 32.0 Å². The predicted octanol–water partition coefficient (Wildman–Crippen LogP) is 10.7. The van der Waals surface area contributed by atoms with E-state index in [0.717, 1.165) is 96.3 Å². The number of aliphatic hydroxyl groups excluding tert-OH is 8. The van der Waals surface area contributed by atoms with Crippen LogP contribution in [0.5, 0.6) is 0 Å². The van der Waals surface area contributed by atoms with E-state index in [4.69, 9.17) is 18.9 Å². The normalized spacial score (nSPS) is 25.3. The van der Waals surface area contributed by atoms with Crippen molar-refractivity contribution >= 4 is 5.91 Å². The molecule has 2 fully saturated rings. The molecule has 78 heavy (non-hydrogen) atoms. The van der Waals surface area contributed by atoms with Gasteiger partial charge in [0.1, 0.15) is 48.8 Å². The lowest BCUT2D eigenvalue weighted by molar-refractivity contribution is -0.359. The van der Waals surface area contributed by atoms with E-state index in [0.29, 0.717) is 6.42 Å². The van der Waals surface area contributed by atoms with E-state index in [1.54, 1.807) is 6.08 Å². The van der Waals surface area contributed by atoms with Crippen LogP contribution in [0.25, 0.3) is 0 Å². The van der Waals surface area contributed by atoms with Gasteiger partial charge >= 0.3 is 0 Å². The maximum absolute atomic E-state index is 13.2. The molecule has 12 unspecified atom stereocenters. The van der Waals surface area contributed by atoms with Gasteiger partial charge < -0.3 is 65.1 Å². The molecule has 0 aliphatic carbocycles. The summed E-state index contributed by atoms with van der Waals surface area (Å²) in [5.74, 6) is -0.247. The summed E-state index contributed by atoms with van der Waals surface area (Å²) < 4.78 is 22.7. The molecule has 2 aliphatic rings. The first-order valence-corrected chi connectivity index (χ1v) is 30.5. The number of carbonyl (C=O) groups excluding carboxylic acids is 1. The molecule has 0 saturated carbocycles. The lowest BCUT2D eigenvalue weighted by Gasteiger charge is -2.46. The smallest absolute Gasteiger partial charge is 0.220 e. The molecule has 12 atom stereocenters. The number of nitrogens with one attached hydrogen (secondary N) is 1. The molecule has 14 heteroatoms. The Hall–Kier alpha value is -3.09. The topological polar surface area (TPSA) is 228 Å². The molecule has 2 aliphatic heterocycles.